The van der Waals surface area contributed by atoms with Gasteiger partial charge in [-0.2, -0.15) is 13.2 Å². The number of halogens is 3. The van der Waals surface area contributed by atoms with E-state index < -0.39 is 17.8 Å². The van der Waals surface area contributed by atoms with Gasteiger partial charge in [0.1, 0.15) is 5.56 Å². The van der Waals surface area contributed by atoms with Crippen LogP contribution < -0.4 is 20.7 Å². The Labute approximate surface area is 212 Å². The van der Waals surface area contributed by atoms with Crippen LogP contribution in [0.3, 0.4) is 0 Å². The molecule has 3 aromatic rings. The summed E-state index contributed by atoms with van der Waals surface area (Å²) in [5.74, 6) is 0.396. The second kappa shape index (κ2) is 10.1. The molecule has 1 fully saturated rings. The first-order valence-electron chi connectivity index (χ1n) is 12.0. The molecule has 1 aromatic carbocycles. The maximum atomic E-state index is 14.0. The third-order valence-electron chi connectivity index (χ3n) is 6.21. The van der Waals surface area contributed by atoms with Crippen molar-refractivity contribution in [1.82, 2.24) is 20.3 Å². The summed E-state index contributed by atoms with van der Waals surface area (Å²) in [5.41, 5.74) is -0.248. The topological polar surface area (TPSA) is 113 Å². The molecule has 2 aromatic heterocycles. The molecule has 12 heteroatoms. The number of rotatable bonds is 6. The monoisotopic (exact) mass is 520 g/mol. The number of H-pyrrole nitrogens is 1. The first kappa shape index (κ1) is 26.5. The van der Waals surface area contributed by atoms with Crippen molar-refractivity contribution in [2.75, 3.05) is 24.3 Å². The number of aromatic amines is 1. The Morgan fingerprint density at radius 1 is 1.27 bits per heavy atom. The van der Waals surface area contributed by atoms with Gasteiger partial charge in [0.05, 0.1) is 30.1 Å². The van der Waals surface area contributed by atoms with Crippen LogP contribution >= 0.6 is 0 Å². The first-order valence-corrected chi connectivity index (χ1v) is 12.0. The molecule has 4 rings (SSSR count). The first-order chi connectivity index (χ1) is 17.4. The molecule has 0 spiro atoms. The molecule has 1 amide bonds. The molecule has 200 valence electrons. The molecule has 1 saturated heterocycles. The molecule has 4 N–H and O–H groups in total. The number of carbonyl (C=O) groups excluding carboxylic acids is 1. The normalized spacial score (nSPS) is 17.6. The van der Waals surface area contributed by atoms with Gasteiger partial charge in [0, 0.05) is 41.5 Å². The largest absolute Gasteiger partial charge is 0.487 e. The minimum absolute atomic E-state index is 0.00567. The Balaban J connectivity index is 1.78. The maximum absolute atomic E-state index is 14.0. The van der Waals surface area contributed by atoms with E-state index in [0.717, 1.165) is 19.0 Å². The van der Waals surface area contributed by atoms with Gasteiger partial charge in [-0.25, -0.2) is 14.8 Å². The molecular formula is C25H31F3N6O3. The van der Waals surface area contributed by atoms with Gasteiger partial charge in [-0.3, -0.25) is 5.32 Å². The molecule has 0 unspecified atom stereocenters. The van der Waals surface area contributed by atoms with E-state index in [2.05, 4.69) is 49.5 Å². The van der Waals surface area contributed by atoms with Crippen LogP contribution in [0.25, 0.3) is 22.2 Å². The molecule has 37 heavy (non-hydrogen) atoms. The van der Waals surface area contributed by atoms with E-state index in [1.54, 1.807) is 26.0 Å². The maximum Gasteiger partial charge on any atom is 0.419 e. The van der Waals surface area contributed by atoms with Crippen molar-refractivity contribution in [1.29, 1.82) is 0 Å². The zero-order chi connectivity index (χ0) is 27.0. The number of carbonyl (C=O) groups is 1. The quantitative estimate of drug-likeness (QED) is 0.337. The minimum Gasteiger partial charge on any atom is -0.487 e. The Morgan fingerprint density at radius 2 is 2.03 bits per heavy atom. The highest BCUT2D eigenvalue weighted by molar-refractivity contribution is 6.03. The van der Waals surface area contributed by atoms with Crippen LogP contribution in [0.5, 0.6) is 5.75 Å². The molecule has 0 radical (unpaired) electrons. The zero-order valence-corrected chi connectivity index (χ0v) is 21.3. The smallest absolute Gasteiger partial charge is 0.419 e. The van der Waals surface area contributed by atoms with E-state index in [0.29, 0.717) is 23.1 Å². The van der Waals surface area contributed by atoms with Crippen molar-refractivity contribution in [3.05, 3.63) is 30.1 Å². The number of hydrogen-bond donors (Lipinski definition) is 4. The lowest BCUT2D eigenvalue weighted by atomic mass is 9.91. The van der Waals surface area contributed by atoms with E-state index in [9.17, 15) is 18.0 Å². The van der Waals surface area contributed by atoms with E-state index in [-0.39, 0.29) is 40.6 Å². The van der Waals surface area contributed by atoms with Crippen molar-refractivity contribution in [2.24, 2.45) is 0 Å². The number of piperidine rings is 1. The number of fused-ring (bicyclic) bond motifs is 1. The standard InChI is InChI=1S/C25H31F3N6O3/c1-13(2)37-21-18(33-23(35)36-5)7-6-15-16(11-29-20(15)21)19-17(25(26,27)28)12-30-22(34-19)32-14-8-9-24(3,4)31-10-14/h6-7,11-14,29,31H,8-10H2,1-5H3,(H,33,35)(H,30,32,34)/t14-/m0/s1. The number of hydrogen-bond acceptors (Lipinski definition) is 7. The number of alkyl halides is 3. The van der Waals surface area contributed by atoms with Gasteiger partial charge in [0.25, 0.3) is 0 Å². The van der Waals surface area contributed by atoms with Gasteiger partial charge in [-0.15, -0.1) is 0 Å². The number of aromatic nitrogens is 3. The minimum atomic E-state index is -4.67. The average molecular weight is 521 g/mol. The van der Waals surface area contributed by atoms with Gasteiger partial charge in [-0.05, 0) is 52.7 Å². The molecule has 0 saturated carbocycles. The van der Waals surface area contributed by atoms with Crippen LogP contribution in [0, 0.1) is 0 Å². The lowest BCUT2D eigenvalue weighted by Crippen LogP contribution is -2.50. The van der Waals surface area contributed by atoms with Gasteiger partial charge in [0.2, 0.25) is 5.95 Å². The van der Waals surface area contributed by atoms with Crippen molar-refractivity contribution < 1.29 is 27.4 Å². The summed E-state index contributed by atoms with van der Waals surface area (Å²) in [5, 5.41) is 9.62. The number of nitrogens with zero attached hydrogens (tertiary/aromatic N) is 2. The second-order valence-corrected chi connectivity index (χ2v) is 9.95. The second-order valence-electron chi connectivity index (χ2n) is 9.95. The summed E-state index contributed by atoms with van der Waals surface area (Å²) >= 11 is 0. The molecule has 3 heterocycles. The van der Waals surface area contributed by atoms with Crippen LogP contribution in [0.4, 0.5) is 29.6 Å². The fourth-order valence-electron chi connectivity index (χ4n) is 4.28. The van der Waals surface area contributed by atoms with Crippen LogP contribution in [0.1, 0.15) is 46.1 Å². The van der Waals surface area contributed by atoms with Crippen molar-refractivity contribution in [3.63, 3.8) is 0 Å². The van der Waals surface area contributed by atoms with Crippen LogP contribution in [0.15, 0.2) is 24.5 Å². The number of amides is 1. The van der Waals surface area contributed by atoms with E-state index in [1.807, 2.05) is 0 Å². The third-order valence-corrected chi connectivity index (χ3v) is 6.21. The lowest BCUT2D eigenvalue weighted by Gasteiger charge is -2.36. The zero-order valence-electron chi connectivity index (χ0n) is 21.3. The van der Waals surface area contributed by atoms with Crippen LogP contribution in [-0.2, 0) is 10.9 Å². The summed E-state index contributed by atoms with van der Waals surface area (Å²) in [7, 11) is 1.23. The molecular weight excluding hydrogens is 489 g/mol. The third kappa shape index (κ3) is 5.90. The van der Waals surface area contributed by atoms with Gasteiger partial charge < -0.3 is 25.1 Å². The molecule has 1 aliphatic rings. The lowest BCUT2D eigenvalue weighted by molar-refractivity contribution is -0.137. The fourth-order valence-corrected chi connectivity index (χ4v) is 4.28. The number of benzene rings is 1. The molecule has 9 nitrogen and oxygen atoms in total. The van der Waals surface area contributed by atoms with Crippen molar-refractivity contribution in [2.45, 2.75) is 64.4 Å². The number of anilines is 2. The van der Waals surface area contributed by atoms with Gasteiger partial charge in [0.15, 0.2) is 5.75 Å². The highest BCUT2D eigenvalue weighted by Gasteiger charge is 2.36. The predicted octanol–water partition coefficient (Wildman–Crippen LogP) is 5.55. The molecule has 0 aliphatic carbocycles. The molecule has 1 aliphatic heterocycles. The van der Waals surface area contributed by atoms with Crippen molar-refractivity contribution >= 4 is 28.6 Å². The fraction of sp³-hybridized carbons (Fsp3) is 0.480. The average Bonchev–Trinajstić information content (AvgIpc) is 3.25. The van der Waals surface area contributed by atoms with E-state index in [4.69, 9.17) is 4.74 Å². The predicted molar refractivity (Wildman–Crippen MR) is 135 cm³/mol. The number of ether oxygens (including phenoxy) is 2. The Kier molecular flexibility index (Phi) is 7.22. The van der Waals surface area contributed by atoms with Gasteiger partial charge >= 0.3 is 12.3 Å². The highest BCUT2D eigenvalue weighted by atomic mass is 19.4. The van der Waals surface area contributed by atoms with E-state index >= 15 is 0 Å². The summed E-state index contributed by atoms with van der Waals surface area (Å²) < 4.78 is 52.6. The summed E-state index contributed by atoms with van der Waals surface area (Å²) in [6, 6.07) is 3.14. The highest BCUT2D eigenvalue weighted by Crippen LogP contribution is 2.42. The van der Waals surface area contributed by atoms with E-state index in [1.165, 1.54) is 13.3 Å². The Bertz CT molecular complexity index is 1280. The Hall–Kier alpha value is -3.54. The Morgan fingerprint density at radius 3 is 2.65 bits per heavy atom. The van der Waals surface area contributed by atoms with Gasteiger partial charge in [-0.1, -0.05) is 0 Å². The summed E-state index contributed by atoms with van der Waals surface area (Å²) in [6.45, 7) is 8.46. The van der Waals surface area contributed by atoms with Crippen LogP contribution in [0.2, 0.25) is 0 Å². The molecule has 0 bridgehead atoms. The SMILES string of the molecule is COC(=O)Nc1ccc2c(-c3nc(N[C@H]4CCC(C)(C)NC4)ncc3C(F)(F)F)c[nH]c2c1OC(C)C. The summed E-state index contributed by atoms with van der Waals surface area (Å²) in [4.78, 5) is 23.1. The number of methoxy groups -OCH3 is 1. The van der Waals surface area contributed by atoms with Crippen LogP contribution in [-0.4, -0.2) is 52.4 Å². The number of nitrogens with one attached hydrogen (secondary N) is 4. The van der Waals surface area contributed by atoms with Crippen molar-refractivity contribution in [3.8, 4) is 17.0 Å². The summed E-state index contributed by atoms with van der Waals surface area (Å²) in [6.07, 6.45) is -1.65. The molecule has 1 atom stereocenters.